The second-order valence-electron chi connectivity index (χ2n) is 19.0. The van der Waals surface area contributed by atoms with Crippen molar-refractivity contribution in [1.82, 2.24) is 9.97 Å². The van der Waals surface area contributed by atoms with E-state index in [1.165, 1.54) is 82.4 Å². The number of allylic oxidation sites excluding steroid dienone is 8. The summed E-state index contributed by atoms with van der Waals surface area (Å²) in [4.78, 5) is 10.3. The van der Waals surface area contributed by atoms with Gasteiger partial charge in [0.1, 0.15) is 0 Å². The average molecular weight is 883 g/mol. The van der Waals surface area contributed by atoms with Gasteiger partial charge in [-0.1, -0.05) is 206 Å². The number of rotatable bonds is 7. The van der Waals surface area contributed by atoms with Crippen molar-refractivity contribution in [1.29, 1.82) is 0 Å². The van der Waals surface area contributed by atoms with E-state index in [0.717, 1.165) is 71.6 Å². The highest BCUT2D eigenvalue weighted by molar-refractivity contribution is 6.29. The number of hydrogen-bond donors (Lipinski definition) is 0. The highest BCUT2D eigenvalue weighted by Gasteiger charge is 2.29. The average Bonchev–Trinajstić information content (AvgIpc) is 3.60. The normalized spacial score (nSPS) is 16.5. The lowest BCUT2D eigenvalue weighted by Crippen LogP contribution is -2.13. The Bertz CT molecular complexity index is 3760. The number of fused-ring (bicyclic) bond motifs is 9. The summed E-state index contributed by atoms with van der Waals surface area (Å²) in [6.07, 6.45) is 19.3. The molecule has 0 spiro atoms. The summed E-state index contributed by atoms with van der Waals surface area (Å²) in [5, 5.41) is 7.59. The topological polar surface area (TPSA) is 25.8 Å². The third-order valence-corrected chi connectivity index (χ3v) is 15.0. The van der Waals surface area contributed by atoms with Crippen LogP contribution in [0.3, 0.4) is 0 Å². The molecule has 1 aromatic heterocycles. The minimum Gasteiger partial charge on any atom is -0.228 e. The molecule has 2 nitrogen and oxygen atoms in total. The maximum Gasteiger partial charge on any atom is 0.160 e. The van der Waals surface area contributed by atoms with Crippen molar-refractivity contribution in [2.45, 2.75) is 38.0 Å². The largest absolute Gasteiger partial charge is 0.228 e. The molecule has 0 aliphatic heterocycles. The molecular formula is C67H50N2. The van der Waals surface area contributed by atoms with Gasteiger partial charge in [-0.15, -0.1) is 0 Å². The van der Waals surface area contributed by atoms with Gasteiger partial charge in [0.2, 0.25) is 0 Å². The highest BCUT2D eigenvalue weighted by atomic mass is 14.9. The van der Waals surface area contributed by atoms with Crippen molar-refractivity contribution in [3.63, 3.8) is 0 Å². The van der Waals surface area contributed by atoms with Crippen LogP contribution < -0.4 is 0 Å². The van der Waals surface area contributed by atoms with E-state index in [2.05, 4.69) is 231 Å². The maximum atomic E-state index is 5.23. The zero-order chi connectivity index (χ0) is 45.7. The van der Waals surface area contributed by atoms with E-state index in [4.69, 9.17) is 9.97 Å². The Kier molecular flexibility index (Phi) is 10.4. The van der Waals surface area contributed by atoms with Gasteiger partial charge in [0, 0.05) is 16.7 Å². The summed E-state index contributed by atoms with van der Waals surface area (Å²) in [7, 11) is 0. The highest BCUT2D eigenvalue weighted by Crippen LogP contribution is 2.47. The van der Waals surface area contributed by atoms with E-state index in [0.29, 0.717) is 11.8 Å². The Morgan fingerprint density at radius 3 is 1.88 bits per heavy atom. The second kappa shape index (κ2) is 17.5. The number of aromatic nitrogens is 2. The van der Waals surface area contributed by atoms with Gasteiger partial charge in [-0.2, -0.15) is 0 Å². The van der Waals surface area contributed by atoms with Gasteiger partial charge >= 0.3 is 0 Å². The molecule has 2 heteroatoms. The van der Waals surface area contributed by atoms with Gasteiger partial charge in [0.05, 0.1) is 11.4 Å². The van der Waals surface area contributed by atoms with Crippen LogP contribution in [-0.4, -0.2) is 9.97 Å². The van der Waals surface area contributed by atoms with Gasteiger partial charge in [-0.3, -0.25) is 0 Å². The third kappa shape index (κ3) is 7.54. The van der Waals surface area contributed by atoms with E-state index in [9.17, 15) is 0 Å². The van der Waals surface area contributed by atoms with Crippen molar-refractivity contribution in [3.8, 4) is 55.9 Å². The number of aryl methyl sites for hydroxylation is 1. The molecule has 1 unspecified atom stereocenters. The monoisotopic (exact) mass is 882 g/mol. The summed E-state index contributed by atoms with van der Waals surface area (Å²) in [5.41, 5.74) is 18.2. The van der Waals surface area contributed by atoms with Crippen LogP contribution in [0, 0.1) is 5.92 Å². The van der Waals surface area contributed by atoms with Gasteiger partial charge in [-0.05, 0) is 156 Å². The first-order valence-corrected chi connectivity index (χ1v) is 24.7. The SMILES string of the molecule is C1=CC(c2nc(-c3ccccc3)cc(-c3cccc(-c4cccc5c6ccccc6c6cc(-c7ccc8c(c7)-c7ccccc7CC[C@H]8C7C=CC(c8ccccc8)=CC7)ccc6c45)c3)n2)=CCC1. The van der Waals surface area contributed by atoms with Gasteiger partial charge in [0.25, 0.3) is 0 Å². The smallest absolute Gasteiger partial charge is 0.160 e. The number of benzene rings is 9. The fraction of sp³-hybridized carbons (Fsp3) is 0.104. The molecule has 328 valence electrons. The lowest BCUT2D eigenvalue weighted by molar-refractivity contribution is 0.482. The second-order valence-corrected chi connectivity index (χ2v) is 19.0. The summed E-state index contributed by atoms with van der Waals surface area (Å²) in [6, 6.07) is 71.8. The Morgan fingerprint density at radius 2 is 1.07 bits per heavy atom. The van der Waals surface area contributed by atoms with Crippen LogP contribution in [0.1, 0.15) is 54.1 Å². The molecule has 9 aromatic carbocycles. The fourth-order valence-electron chi connectivity index (χ4n) is 11.5. The molecular weight excluding hydrogens is 833 g/mol. The molecule has 0 amide bonds. The summed E-state index contributed by atoms with van der Waals surface area (Å²) in [5.74, 6) is 1.65. The molecule has 0 fully saturated rings. The predicted molar refractivity (Wildman–Crippen MR) is 291 cm³/mol. The Morgan fingerprint density at radius 1 is 0.406 bits per heavy atom. The van der Waals surface area contributed by atoms with Crippen LogP contribution >= 0.6 is 0 Å². The first-order chi connectivity index (χ1) is 34.2. The van der Waals surface area contributed by atoms with Gasteiger partial charge < -0.3 is 0 Å². The van der Waals surface area contributed by atoms with Crippen molar-refractivity contribution in [2.75, 3.05) is 0 Å². The molecule has 0 saturated heterocycles. The summed E-state index contributed by atoms with van der Waals surface area (Å²) >= 11 is 0. The van der Waals surface area contributed by atoms with Crippen LogP contribution in [0.25, 0.3) is 99.4 Å². The van der Waals surface area contributed by atoms with Crippen molar-refractivity contribution >= 4 is 43.5 Å². The van der Waals surface area contributed by atoms with Crippen LogP contribution in [0.5, 0.6) is 0 Å². The molecule has 0 N–H and O–H groups in total. The molecule has 1 heterocycles. The van der Waals surface area contributed by atoms with E-state index < -0.39 is 0 Å². The van der Waals surface area contributed by atoms with Crippen LogP contribution in [0.15, 0.2) is 231 Å². The Hall–Kier alpha value is -8.20. The molecule has 0 saturated carbocycles. The quantitative estimate of drug-likeness (QED) is 0.149. The van der Waals surface area contributed by atoms with Gasteiger partial charge in [0.15, 0.2) is 5.82 Å². The minimum atomic E-state index is 0.434. The Labute approximate surface area is 404 Å². The van der Waals surface area contributed by atoms with Gasteiger partial charge in [-0.25, -0.2) is 9.97 Å². The molecule has 0 bridgehead atoms. The molecule has 13 rings (SSSR count). The van der Waals surface area contributed by atoms with Crippen LogP contribution in [-0.2, 0) is 6.42 Å². The minimum absolute atomic E-state index is 0.434. The summed E-state index contributed by atoms with van der Waals surface area (Å²) in [6.45, 7) is 0. The Balaban J connectivity index is 0.921. The first-order valence-electron chi connectivity index (χ1n) is 24.7. The van der Waals surface area contributed by atoms with E-state index in [1.807, 2.05) is 0 Å². The molecule has 3 aliphatic rings. The van der Waals surface area contributed by atoms with Crippen molar-refractivity contribution in [3.05, 3.63) is 253 Å². The lowest BCUT2D eigenvalue weighted by atomic mass is 9.77. The maximum absolute atomic E-state index is 5.23. The number of nitrogens with zero attached hydrogens (tertiary/aromatic N) is 2. The molecule has 0 radical (unpaired) electrons. The van der Waals surface area contributed by atoms with E-state index in [-0.39, 0.29) is 0 Å². The molecule has 69 heavy (non-hydrogen) atoms. The number of hydrogen-bond acceptors (Lipinski definition) is 2. The standard InChI is InChI=1S/C67H50N2/c1-4-16-44(17-5-1)45-30-32-47(33-31-45)55-37-34-46-18-10-11-25-54(46)62-41-50(35-38-59(55)62)51-36-39-61-63(42-51)58-27-13-12-26-57(58)60-29-15-28-56(66(60)61)52-23-14-24-53(40-52)65-43-64(48-19-6-2-7-20-48)68-67(69-65)49-21-8-3-9-22-49/h1-2,4-8,10-32,35-36,38-43,47,55H,3,9,33-34,37H2/t47?,55-/m0/s1. The molecule has 10 aromatic rings. The molecule has 2 atom stereocenters. The van der Waals surface area contributed by atoms with Crippen LogP contribution in [0.2, 0.25) is 0 Å². The predicted octanol–water partition coefficient (Wildman–Crippen LogP) is 17.7. The zero-order valence-electron chi connectivity index (χ0n) is 38.5. The van der Waals surface area contributed by atoms with Crippen LogP contribution in [0.4, 0.5) is 0 Å². The fourth-order valence-corrected chi connectivity index (χ4v) is 11.5. The summed E-state index contributed by atoms with van der Waals surface area (Å²) < 4.78 is 0. The van der Waals surface area contributed by atoms with E-state index in [1.54, 1.807) is 0 Å². The lowest BCUT2D eigenvalue weighted by Gasteiger charge is -2.27. The van der Waals surface area contributed by atoms with Crippen molar-refractivity contribution in [2.24, 2.45) is 5.92 Å². The molecule has 3 aliphatic carbocycles. The first kappa shape index (κ1) is 41.0. The van der Waals surface area contributed by atoms with Crippen molar-refractivity contribution < 1.29 is 0 Å². The zero-order valence-corrected chi connectivity index (χ0v) is 38.5. The van der Waals surface area contributed by atoms with E-state index >= 15 is 0 Å². The third-order valence-electron chi connectivity index (χ3n) is 15.0.